The molecule has 2 aliphatic carbocycles. The summed E-state index contributed by atoms with van der Waals surface area (Å²) < 4.78 is 0. The number of amides is 2. The molecule has 33 heavy (non-hydrogen) atoms. The molecule has 4 rings (SSSR count). The first-order valence-electron chi connectivity index (χ1n) is 12.1. The van der Waals surface area contributed by atoms with Gasteiger partial charge in [-0.05, 0) is 55.6 Å². The molecule has 1 unspecified atom stereocenters. The summed E-state index contributed by atoms with van der Waals surface area (Å²) in [6, 6.07) is 9.03. The first-order valence-corrected chi connectivity index (χ1v) is 12.1. The van der Waals surface area contributed by atoms with Crippen LogP contribution in [0.2, 0.25) is 0 Å². The van der Waals surface area contributed by atoms with Crippen LogP contribution in [0.3, 0.4) is 0 Å². The van der Waals surface area contributed by atoms with Crippen LogP contribution in [0.1, 0.15) is 96.6 Å². The molecule has 1 heterocycles. The highest BCUT2D eigenvalue weighted by Gasteiger charge is 2.36. The highest BCUT2D eigenvalue weighted by Crippen LogP contribution is 2.37. The maximum absolute atomic E-state index is 13.2. The van der Waals surface area contributed by atoms with Gasteiger partial charge in [0.1, 0.15) is 11.7 Å². The Kier molecular flexibility index (Phi) is 6.46. The number of carbonyl (C=O) groups is 3. The van der Waals surface area contributed by atoms with Gasteiger partial charge in [0.25, 0.3) is 5.91 Å². The number of ketones is 1. The summed E-state index contributed by atoms with van der Waals surface area (Å²) in [5.74, 6) is 0.235. The number of carbonyl (C=O) groups excluding carboxylic acids is 3. The summed E-state index contributed by atoms with van der Waals surface area (Å²) in [6.07, 6.45) is 5.12. The highest BCUT2D eigenvalue weighted by atomic mass is 16.2. The molecule has 0 aliphatic heterocycles. The molecule has 2 aliphatic rings. The standard InChI is InChI=1S/C27H35N3O3/c1-16-23-21(14-27(3,4)15-22(23)31)29-24(16)26(33)30-20(13-12-18-10-11-18)25(32)28-17(2)19-8-6-5-7-9-19/h5-9,17-18,20,29H,10-15H2,1-4H3,(H,28,32)(H,30,33)/t17-,20?/m0/s1. The smallest absolute Gasteiger partial charge is 0.268 e. The lowest BCUT2D eigenvalue weighted by molar-refractivity contribution is -0.123. The largest absolute Gasteiger partial charge is 0.354 e. The molecule has 1 aromatic heterocycles. The number of Topliss-reactive ketones (excluding diaryl/α,β-unsaturated/α-hetero) is 1. The van der Waals surface area contributed by atoms with Crippen LogP contribution in [-0.2, 0) is 11.2 Å². The summed E-state index contributed by atoms with van der Waals surface area (Å²) >= 11 is 0. The van der Waals surface area contributed by atoms with Gasteiger partial charge in [-0.1, -0.05) is 57.0 Å². The lowest BCUT2D eigenvalue weighted by atomic mass is 9.75. The molecule has 2 aromatic rings. The van der Waals surface area contributed by atoms with Gasteiger partial charge in [0.05, 0.1) is 6.04 Å². The number of hydrogen-bond donors (Lipinski definition) is 3. The molecule has 0 bridgehead atoms. The minimum absolute atomic E-state index is 0.0776. The van der Waals surface area contributed by atoms with Crippen LogP contribution >= 0.6 is 0 Å². The van der Waals surface area contributed by atoms with Crippen molar-refractivity contribution in [2.45, 2.75) is 78.3 Å². The van der Waals surface area contributed by atoms with Gasteiger partial charge in [-0.25, -0.2) is 0 Å². The quantitative estimate of drug-likeness (QED) is 0.548. The van der Waals surface area contributed by atoms with E-state index in [1.807, 2.05) is 44.2 Å². The summed E-state index contributed by atoms with van der Waals surface area (Å²) in [6.45, 7) is 7.90. The Labute approximate surface area is 195 Å². The highest BCUT2D eigenvalue weighted by molar-refractivity contribution is 6.05. The normalized spacial score (nSPS) is 18.8. The summed E-state index contributed by atoms with van der Waals surface area (Å²) in [5.41, 5.74) is 3.45. The number of aromatic nitrogens is 1. The number of rotatable bonds is 8. The molecule has 6 heteroatoms. The van der Waals surface area contributed by atoms with E-state index in [4.69, 9.17) is 0 Å². The molecule has 2 atom stereocenters. The second-order valence-corrected chi connectivity index (χ2v) is 10.6. The van der Waals surface area contributed by atoms with E-state index in [-0.39, 0.29) is 29.1 Å². The minimum atomic E-state index is -0.615. The van der Waals surface area contributed by atoms with Crippen molar-refractivity contribution < 1.29 is 14.4 Å². The summed E-state index contributed by atoms with van der Waals surface area (Å²) in [4.78, 5) is 42.3. The van der Waals surface area contributed by atoms with E-state index >= 15 is 0 Å². The lowest BCUT2D eigenvalue weighted by Crippen LogP contribution is -2.47. The van der Waals surface area contributed by atoms with Gasteiger partial charge in [-0.15, -0.1) is 0 Å². The van der Waals surface area contributed by atoms with Crippen LogP contribution in [0.25, 0.3) is 0 Å². The second-order valence-electron chi connectivity index (χ2n) is 10.6. The Balaban J connectivity index is 1.50. The van der Waals surface area contributed by atoms with Crippen molar-refractivity contribution in [3.63, 3.8) is 0 Å². The van der Waals surface area contributed by atoms with Crippen molar-refractivity contribution in [2.75, 3.05) is 0 Å². The van der Waals surface area contributed by atoms with Crippen LogP contribution in [0.15, 0.2) is 30.3 Å². The first-order chi connectivity index (χ1) is 15.6. The van der Waals surface area contributed by atoms with Gasteiger partial charge in [-0.2, -0.15) is 0 Å². The molecule has 2 amide bonds. The molecule has 6 nitrogen and oxygen atoms in total. The average Bonchev–Trinajstić information content (AvgIpc) is 3.52. The fraction of sp³-hybridized carbons (Fsp3) is 0.519. The molecule has 0 spiro atoms. The topological polar surface area (TPSA) is 91.1 Å². The van der Waals surface area contributed by atoms with Crippen LogP contribution < -0.4 is 10.6 Å². The second kappa shape index (κ2) is 9.16. The molecule has 3 N–H and O–H groups in total. The Hall–Kier alpha value is -2.89. The Bertz CT molecular complexity index is 1050. The Morgan fingerprint density at radius 2 is 1.82 bits per heavy atom. The van der Waals surface area contributed by atoms with E-state index in [9.17, 15) is 14.4 Å². The van der Waals surface area contributed by atoms with Gasteiger partial charge in [-0.3, -0.25) is 14.4 Å². The molecule has 176 valence electrons. The third kappa shape index (κ3) is 5.37. The van der Waals surface area contributed by atoms with E-state index in [1.165, 1.54) is 12.8 Å². The Morgan fingerprint density at radius 3 is 2.48 bits per heavy atom. The fourth-order valence-electron chi connectivity index (χ4n) is 4.91. The van der Waals surface area contributed by atoms with Gasteiger partial charge in [0.2, 0.25) is 5.91 Å². The number of H-pyrrole nitrogens is 1. The van der Waals surface area contributed by atoms with E-state index in [1.54, 1.807) is 0 Å². The molecule has 1 fully saturated rings. The van der Waals surface area contributed by atoms with Gasteiger partial charge in [0, 0.05) is 17.7 Å². The first kappa shape index (κ1) is 23.3. The lowest BCUT2D eigenvalue weighted by Gasteiger charge is -2.28. The van der Waals surface area contributed by atoms with Gasteiger partial charge < -0.3 is 15.6 Å². The monoisotopic (exact) mass is 449 g/mol. The molecular weight excluding hydrogens is 414 g/mol. The van der Waals surface area contributed by atoms with Crippen molar-refractivity contribution in [2.24, 2.45) is 11.3 Å². The van der Waals surface area contributed by atoms with Crippen LogP contribution in [0.4, 0.5) is 0 Å². The Morgan fingerprint density at radius 1 is 1.12 bits per heavy atom. The van der Waals surface area contributed by atoms with E-state index in [2.05, 4.69) is 29.5 Å². The van der Waals surface area contributed by atoms with Crippen LogP contribution in [0, 0.1) is 18.3 Å². The molecule has 1 saturated carbocycles. The van der Waals surface area contributed by atoms with E-state index < -0.39 is 6.04 Å². The van der Waals surface area contributed by atoms with Crippen molar-refractivity contribution >= 4 is 17.6 Å². The number of hydrogen-bond acceptors (Lipinski definition) is 3. The van der Waals surface area contributed by atoms with Gasteiger partial charge in [0.15, 0.2) is 5.78 Å². The number of aromatic amines is 1. The maximum Gasteiger partial charge on any atom is 0.268 e. The molecular formula is C27H35N3O3. The third-order valence-electron chi connectivity index (χ3n) is 6.97. The zero-order valence-corrected chi connectivity index (χ0v) is 20.1. The third-order valence-corrected chi connectivity index (χ3v) is 6.97. The fourth-order valence-corrected chi connectivity index (χ4v) is 4.91. The van der Waals surface area contributed by atoms with Crippen molar-refractivity contribution in [1.82, 2.24) is 15.6 Å². The predicted octanol–water partition coefficient (Wildman–Crippen LogP) is 4.64. The zero-order valence-electron chi connectivity index (χ0n) is 20.1. The number of nitrogens with one attached hydrogen (secondary N) is 3. The minimum Gasteiger partial charge on any atom is -0.354 e. The van der Waals surface area contributed by atoms with Crippen molar-refractivity contribution in [1.29, 1.82) is 0 Å². The van der Waals surface area contributed by atoms with E-state index in [0.29, 0.717) is 35.6 Å². The predicted molar refractivity (Wildman–Crippen MR) is 128 cm³/mol. The van der Waals surface area contributed by atoms with Crippen LogP contribution in [0.5, 0.6) is 0 Å². The summed E-state index contributed by atoms with van der Waals surface area (Å²) in [5, 5.41) is 6.03. The molecule has 1 aromatic carbocycles. The van der Waals surface area contributed by atoms with Gasteiger partial charge >= 0.3 is 0 Å². The molecule has 0 saturated heterocycles. The van der Waals surface area contributed by atoms with E-state index in [0.717, 1.165) is 24.1 Å². The summed E-state index contributed by atoms with van der Waals surface area (Å²) in [7, 11) is 0. The van der Waals surface area contributed by atoms with Crippen LogP contribution in [-0.4, -0.2) is 28.6 Å². The maximum atomic E-state index is 13.2. The number of benzene rings is 1. The molecule has 0 radical (unpaired) electrons. The average molecular weight is 450 g/mol. The SMILES string of the molecule is Cc1c(C(=O)NC(CCC2CC2)C(=O)N[C@@H](C)c2ccccc2)[nH]c2c1C(=O)CC(C)(C)C2. The van der Waals surface area contributed by atoms with Crippen molar-refractivity contribution in [3.05, 3.63) is 58.4 Å². The van der Waals surface area contributed by atoms with Crippen molar-refractivity contribution in [3.8, 4) is 0 Å². The zero-order chi connectivity index (χ0) is 23.8. The number of fused-ring (bicyclic) bond motifs is 1.